The van der Waals surface area contributed by atoms with Gasteiger partial charge in [0.05, 0.1) is 10.4 Å². The lowest BCUT2D eigenvalue weighted by atomic mass is 10.1. The van der Waals surface area contributed by atoms with Crippen molar-refractivity contribution >= 4 is 26.8 Å². The third kappa shape index (κ3) is 4.53. The predicted octanol–water partition coefficient (Wildman–Crippen LogP) is 2.83. The average Bonchev–Trinajstić information content (AvgIpc) is 2.70. The molecule has 0 atom stereocenters. The molecule has 8 heteroatoms. The highest BCUT2D eigenvalue weighted by Crippen LogP contribution is 2.21. The lowest BCUT2D eigenvalue weighted by Gasteiger charge is -2.22. The highest BCUT2D eigenvalue weighted by molar-refractivity contribution is 7.89. The van der Waals surface area contributed by atoms with Gasteiger partial charge in [0.1, 0.15) is 5.56 Å². The van der Waals surface area contributed by atoms with Crippen molar-refractivity contribution in [1.29, 1.82) is 0 Å². The van der Waals surface area contributed by atoms with Crippen molar-refractivity contribution in [2.24, 2.45) is 7.05 Å². The van der Waals surface area contributed by atoms with Crippen LogP contribution in [0.2, 0.25) is 0 Å². The number of sulfonamides is 1. The van der Waals surface area contributed by atoms with E-state index in [2.05, 4.69) is 0 Å². The molecule has 0 N–H and O–H groups in total. The molecule has 160 valence electrons. The van der Waals surface area contributed by atoms with Gasteiger partial charge in [-0.05, 0) is 31.0 Å². The Bertz CT molecular complexity index is 1030. The maximum Gasteiger partial charge on any atom is 0.259 e. The molecule has 2 aromatic rings. The number of carbonyl (C=O) groups is 1. The quantitative estimate of drug-likeness (QED) is 0.624. The van der Waals surface area contributed by atoms with Crippen molar-refractivity contribution < 1.29 is 13.2 Å². The summed E-state index contributed by atoms with van der Waals surface area (Å²) in [7, 11) is -1.95. The lowest BCUT2D eigenvalue weighted by molar-refractivity contribution is 0.0753. The van der Waals surface area contributed by atoms with Gasteiger partial charge in [0.25, 0.3) is 5.91 Å². The van der Waals surface area contributed by atoms with Gasteiger partial charge < -0.3 is 9.47 Å². The Morgan fingerprint density at radius 1 is 1.03 bits per heavy atom. The van der Waals surface area contributed by atoms with Crippen molar-refractivity contribution in [3.63, 3.8) is 0 Å². The topological polar surface area (TPSA) is 79.7 Å². The number of nitrogens with zero attached hydrogens (tertiary/aromatic N) is 3. The second-order valence-electron chi connectivity index (χ2n) is 7.04. The van der Waals surface area contributed by atoms with E-state index in [9.17, 15) is 18.0 Å². The minimum Gasteiger partial charge on any atom is -0.350 e. The van der Waals surface area contributed by atoms with Crippen LogP contribution in [0.15, 0.2) is 34.1 Å². The smallest absolute Gasteiger partial charge is 0.259 e. The summed E-state index contributed by atoms with van der Waals surface area (Å²) in [5, 5.41) is 0.236. The molecule has 0 aliphatic carbocycles. The Morgan fingerprint density at radius 3 is 2.14 bits per heavy atom. The van der Waals surface area contributed by atoms with Crippen molar-refractivity contribution in [3.05, 3.63) is 40.2 Å². The maximum atomic E-state index is 13.2. The standard InChI is InChI=1S/C21H31N3O4S/c1-6-12-23(13-7-2)21(26)18-15-22(5)19-11-10-16(14-17(19)20(18)25)29(27,28)24(8-3)9-4/h10-11,14-15H,6-9,12-13H2,1-5H3. The fourth-order valence-corrected chi connectivity index (χ4v) is 5.01. The van der Waals surface area contributed by atoms with E-state index in [1.54, 1.807) is 42.6 Å². The molecule has 2 rings (SSSR count). The number of pyridine rings is 1. The highest BCUT2D eigenvalue weighted by Gasteiger charge is 2.24. The van der Waals surface area contributed by atoms with Gasteiger partial charge in [-0.15, -0.1) is 0 Å². The van der Waals surface area contributed by atoms with Gasteiger partial charge in [-0.25, -0.2) is 8.42 Å². The molecule has 1 heterocycles. The average molecular weight is 422 g/mol. The molecule has 0 radical (unpaired) electrons. The van der Waals surface area contributed by atoms with Crippen LogP contribution in [-0.4, -0.2) is 54.3 Å². The lowest BCUT2D eigenvalue weighted by Crippen LogP contribution is -2.36. The Labute approximate surface area is 173 Å². The van der Waals surface area contributed by atoms with Crippen LogP contribution in [0.1, 0.15) is 50.9 Å². The van der Waals surface area contributed by atoms with Crippen molar-refractivity contribution in [3.8, 4) is 0 Å². The van der Waals surface area contributed by atoms with Crippen molar-refractivity contribution in [2.45, 2.75) is 45.4 Å². The number of carbonyl (C=O) groups excluding carboxylic acids is 1. The molecule has 0 saturated carbocycles. The molecule has 0 unspecified atom stereocenters. The molecular formula is C21H31N3O4S. The van der Waals surface area contributed by atoms with E-state index in [1.807, 2.05) is 13.8 Å². The van der Waals surface area contributed by atoms with E-state index in [4.69, 9.17) is 0 Å². The number of aryl methyl sites for hydroxylation is 1. The monoisotopic (exact) mass is 421 g/mol. The van der Waals surface area contributed by atoms with Gasteiger partial charge in [-0.3, -0.25) is 9.59 Å². The third-order valence-electron chi connectivity index (χ3n) is 5.01. The van der Waals surface area contributed by atoms with Crippen LogP contribution >= 0.6 is 0 Å². The fraction of sp³-hybridized carbons (Fsp3) is 0.524. The van der Waals surface area contributed by atoms with Gasteiger partial charge in [-0.2, -0.15) is 4.31 Å². The van der Waals surface area contributed by atoms with Crippen LogP contribution in [0.4, 0.5) is 0 Å². The number of fused-ring (bicyclic) bond motifs is 1. The van der Waals surface area contributed by atoms with Crippen LogP contribution in [0, 0.1) is 0 Å². The molecule has 1 aromatic heterocycles. The van der Waals surface area contributed by atoms with Crippen LogP contribution in [0.3, 0.4) is 0 Å². The molecule has 0 fully saturated rings. The minimum absolute atomic E-state index is 0.0642. The van der Waals surface area contributed by atoms with Crippen LogP contribution in [-0.2, 0) is 17.1 Å². The first-order chi connectivity index (χ1) is 13.7. The fourth-order valence-electron chi connectivity index (χ4n) is 3.52. The number of amides is 1. The summed E-state index contributed by atoms with van der Waals surface area (Å²) < 4.78 is 28.8. The Morgan fingerprint density at radius 2 is 1.62 bits per heavy atom. The summed E-state index contributed by atoms with van der Waals surface area (Å²) in [5.41, 5.74) is 0.221. The molecule has 1 aromatic carbocycles. The molecule has 0 saturated heterocycles. The van der Waals surface area contributed by atoms with E-state index in [0.717, 1.165) is 12.8 Å². The number of hydrogen-bond acceptors (Lipinski definition) is 4. The van der Waals surface area contributed by atoms with E-state index < -0.39 is 15.5 Å². The van der Waals surface area contributed by atoms with Crippen LogP contribution < -0.4 is 5.43 Å². The number of benzene rings is 1. The Hall–Kier alpha value is -2.19. The first-order valence-corrected chi connectivity index (χ1v) is 11.6. The summed E-state index contributed by atoms with van der Waals surface area (Å²) in [6.45, 7) is 9.35. The van der Waals surface area contributed by atoms with Gasteiger partial charge >= 0.3 is 0 Å². The zero-order valence-electron chi connectivity index (χ0n) is 17.9. The zero-order chi connectivity index (χ0) is 21.8. The second-order valence-corrected chi connectivity index (χ2v) is 8.98. The SMILES string of the molecule is CCCN(CCC)C(=O)c1cn(C)c2ccc(S(=O)(=O)N(CC)CC)cc2c1=O. The molecule has 1 amide bonds. The minimum atomic E-state index is -3.70. The van der Waals surface area contributed by atoms with Gasteiger partial charge in [0.15, 0.2) is 0 Å². The van der Waals surface area contributed by atoms with Gasteiger partial charge in [0.2, 0.25) is 15.5 Å². The van der Waals surface area contributed by atoms with Gasteiger partial charge in [0, 0.05) is 44.8 Å². The summed E-state index contributed by atoms with van der Waals surface area (Å²) in [5.74, 6) is -0.312. The second kappa shape index (κ2) is 9.54. The largest absolute Gasteiger partial charge is 0.350 e. The molecule has 0 aliphatic heterocycles. The molecule has 7 nitrogen and oxygen atoms in total. The molecule has 0 bridgehead atoms. The van der Waals surface area contributed by atoms with Gasteiger partial charge in [-0.1, -0.05) is 27.7 Å². The van der Waals surface area contributed by atoms with E-state index in [0.29, 0.717) is 31.7 Å². The zero-order valence-corrected chi connectivity index (χ0v) is 18.8. The number of aromatic nitrogens is 1. The van der Waals surface area contributed by atoms with Crippen LogP contribution in [0.25, 0.3) is 10.9 Å². The van der Waals surface area contributed by atoms with E-state index in [-0.39, 0.29) is 21.8 Å². The van der Waals surface area contributed by atoms with Crippen molar-refractivity contribution in [1.82, 2.24) is 13.8 Å². The summed E-state index contributed by atoms with van der Waals surface area (Å²) in [6, 6.07) is 4.53. The Kier molecular flexibility index (Phi) is 7.60. The Balaban J connectivity index is 2.67. The van der Waals surface area contributed by atoms with E-state index in [1.165, 1.54) is 16.4 Å². The first kappa shape index (κ1) is 23.1. The first-order valence-electron chi connectivity index (χ1n) is 10.2. The predicted molar refractivity (Wildman–Crippen MR) is 116 cm³/mol. The summed E-state index contributed by atoms with van der Waals surface area (Å²) in [6.07, 6.45) is 3.14. The molecule has 29 heavy (non-hydrogen) atoms. The number of rotatable bonds is 9. The van der Waals surface area contributed by atoms with Crippen molar-refractivity contribution in [2.75, 3.05) is 26.2 Å². The summed E-state index contributed by atoms with van der Waals surface area (Å²) in [4.78, 5) is 27.9. The third-order valence-corrected chi connectivity index (χ3v) is 7.05. The molecule has 0 spiro atoms. The number of hydrogen-bond donors (Lipinski definition) is 0. The highest BCUT2D eigenvalue weighted by atomic mass is 32.2. The molecule has 0 aliphatic rings. The molecular weight excluding hydrogens is 390 g/mol. The van der Waals surface area contributed by atoms with Crippen LogP contribution in [0.5, 0.6) is 0 Å². The normalized spacial score (nSPS) is 11.9. The maximum absolute atomic E-state index is 13.2. The summed E-state index contributed by atoms with van der Waals surface area (Å²) >= 11 is 0. The van der Waals surface area contributed by atoms with E-state index >= 15 is 0 Å².